The van der Waals surface area contributed by atoms with E-state index in [1.165, 1.54) is 11.1 Å². The van der Waals surface area contributed by atoms with Gasteiger partial charge >= 0.3 is 0 Å². The summed E-state index contributed by atoms with van der Waals surface area (Å²) >= 11 is 0. The number of carbonyl (C=O) groups excluding carboxylic acids is 2. The molecule has 4 nitrogen and oxygen atoms in total. The third-order valence-electron chi connectivity index (χ3n) is 8.09. The summed E-state index contributed by atoms with van der Waals surface area (Å²) in [5, 5.41) is 20.5. The third-order valence-corrected chi connectivity index (χ3v) is 8.09. The van der Waals surface area contributed by atoms with Gasteiger partial charge in [0.05, 0.1) is 0 Å². The summed E-state index contributed by atoms with van der Waals surface area (Å²) in [6, 6.07) is 0. The van der Waals surface area contributed by atoms with Crippen LogP contribution in [0.25, 0.3) is 0 Å². The van der Waals surface area contributed by atoms with E-state index < -0.39 is 23.4 Å². The predicted molar refractivity (Wildman–Crippen MR) is 93.7 cm³/mol. The SMILES string of the molecule is C[C@@]12CCC(=O)C=C1CC[C@@H]1C2=CC[C@@]2(C)[C@H]1CC[C@@]2(O)C(=O)CO. The van der Waals surface area contributed by atoms with Crippen LogP contribution in [0, 0.1) is 22.7 Å². The Morgan fingerprint density at radius 3 is 2.72 bits per heavy atom. The molecule has 4 rings (SSSR count). The van der Waals surface area contributed by atoms with Gasteiger partial charge in [-0.3, -0.25) is 9.59 Å². The molecule has 2 fully saturated rings. The summed E-state index contributed by atoms with van der Waals surface area (Å²) in [4.78, 5) is 24.2. The molecule has 0 bridgehead atoms. The van der Waals surface area contributed by atoms with E-state index in [0.29, 0.717) is 25.2 Å². The molecule has 0 aromatic carbocycles. The smallest absolute Gasteiger partial charge is 0.190 e. The Morgan fingerprint density at radius 2 is 2.00 bits per heavy atom. The minimum absolute atomic E-state index is 0.0279. The highest BCUT2D eigenvalue weighted by molar-refractivity contribution is 5.92. The Morgan fingerprint density at radius 1 is 1.24 bits per heavy atom. The zero-order valence-electron chi connectivity index (χ0n) is 15.2. The number of rotatable bonds is 2. The van der Waals surface area contributed by atoms with E-state index in [-0.39, 0.29) is 17.1 Å². The molecular weight excluding hydrogens is 316 g/mol. The first-order chi connectivity index (χ1) is 11.8. The van der Waals surface area contributed by atoms with E-state index >= 15 is 0 Å². The second-order valence-corrected chi connectivity index (χ2v) is 8.98. The van der Waals surface area contributed by atoms with E-state index in [1.54, 1.807) is 0 Å². The number of Topliss-reactive ketones (excluding diaryl/α,β-unsaturated/α-hetero) is 1. The van der Waals surface area contributed by atoms with Gasteiger partial charge < -0.3 is 10.2 Å². The van der Waals surface area contributed by atoms with Crippen LogP contribution in [0.2, 0.25) is 0 Å². The number of aliphatic hydroxyl groups excluding tert-OH is 1. The molecule has 4 aliphatic carbocycles. The minimum Gasteiger partial charge on any atom is -0.388 e. The van der Waals surface area contributed by atoms with Crippen molar-refractivity contribution in [1.29, 1.82) is 0 Å². The molecule has 2 saturated carbocycles. The highest BCUT2D eigenvalue weighted by Crippen LogP contribution is 2.65. The van der Waals surface area contributed by atoms with Crippen molar-refractivity contribution in [1.82, 2.24) is 0 Å². The zero-order chi connectivity index (χ0) is 18.0. The lowest BCUT2D eigenvalue weighted by Gasteiger charge is -2.54. The summed E-state index contributed by atoms with van der Waals surface area (Å²) in [6.45, 7) is 3.71. The third kappa shape index (κ3) is 2.07. The van der Waals surface area contributed by atoms with Gasteiger partial charge in [-0.25, -0.2) is 0 Å². The largest absolute Gasteiger partial charge is 0.388 e. The summed E-state index contributed by atoms with van der Waals surface area (Å²) in [5.41, 5.74) is 0.770. The molecule has 0 radical (unpaired) electrons. The van der Waals surface area contributed by atoms with Gasteiger partial charge in [-0.15, -0.1) is 0 Å². The van der Waals surface area contributed by atoms with E-state index in [2.05, 4.69) is 13.0 Å². The average Bonchev–Trinajstić information content (AvgIpc) is 2.87. The fraction of sp³-hybridized carbons (Fsp3) is 0.714. The van der Waals surface area contributed by atoms with Crippen LogP contribution in [-0.4, -0.2) is 34.0 Å². The predicted octanol–water partition coefficient (Wildman–Crippen LogP) is 2.73. The molecule has 0 spiro atoms. The normalized spacial score (nSPS) is 45.8. The topological polar surface area (TPSA) is 74.6 Å². The van der Waals surface area contributed by atoms with Crippen LogP contribution in [0.15, 0.2) is 23.3 Å². The maximum atomic E-state index is 12.3. The van der Waals surface area contributed by atoms with Crippen molar-refractivity contribution in [3.63, 3.8) is 0 Å². The van der Waals surface area contributed by atoms with Gasteiger partial charge in [0.15, 0.2) is 11.6 Å². The number of allylic oxidation sites excluding steroid dienone is 4. The standard InChI is InChI=1S/C21H28O4/c1-19-8-5-14(23)11-13(19)3-4-15-16(19)6-9-20(2)17(15)7-10-21(20,25)18(24)12-22/h6,11,15,17,22,25H,3-5,7-10,12H2,1-2H3/t15-,17+,19-,20+,21-/m1/s1. The Bertz CT molecular complexity index is 705. The van der Waals surface area contributed by atoms with Crippen molar-refractivity contribution in [2.45, 2.75) is 64.4 Å². The molecule has 0 aromatic rings. The van der Waals surface area contributed by atoms with Gasteiger partial charge in [0.1, 0.15) is 12.2 Å². The van der Waals surface area contributed by atoms with E-state index in [1.807, 2.05) is 13.0 Å². The molecule has 2 N–H and O–H groups in total. The summed E-state index contributed by atoms with van der Waals surface area (Å²) < 4.78 is 0. The average molecular weight is 344 g/mol. The lowest BCUT2D eigenvalue weighted by molar-refractivity contribution is -0.155. The minimum atomic E-state index is -1.41. The molecule has 0 unspecified atom stereocenters. The van der Waals surface area contributed by atoms with Crippen molar-refractivity contribution in [2.24, 2.45) is 22.7 Å². The molecule has 4 aliphatic rings. The quantitative estimate of drug-likeness (QED) is 0.756. The molecule has 0 heterocycles. The van der Waals surface area contributed by atoms with Crippen molar-refractivity contribution in [3.05, 3.63) is 23.3 Å². The van der Waals surface area contributed by atoms with Crippen LogP contribution < -0.4 is 0 Å². The van der Waals surface area contributed by atoms with Crippen LogP contribution >= 0.6 is 0 Å². The Balaban J connectivity index is 1.75. The maximum Gasteiger partial charge on any atom is 0.190 e. The monoisotopic (exact) mass is 344 g/mol. The maximum absolute atomic E-state index is 12.3. The van der Waals surface area contributed by atoms with Gasteiger partial charge in [-0.1, -0.05) is 31.1 Å². The van der Waals surface area contributed by atoms with Crippen LogP contribution in [0.3, 0.4) is 0 Å². The number of fused-ring (bicyclic) bond motifs is 5. The van der Waals surface area contributed by atoms with E-state index in [4.69, 9.17) is 0 Å². The lowest BCUT2D eigenvalue weighted by Crippen LogP contribution is -2.55. The first-order valence-electron chi connectivity index (χ1n) is 9.57. The lowest BCUT2D eigenvalue weighted by atomic mass is 9.50. The molecule has 0 aliphatic heterocycles. The summed E-state index contributed by atoms with van der Waals surface area (Å²) in [5.74, 6) is 0.454. The number of hydrogen-bond acceptors (Lipinski definition) is 4. The Labute approximate surface area is 149 Å². The molecule has 0 amide bonds. The van der Waals surface area contributed by atoms with Gasteiger partial charge in [0, 0.05) is 17.3 Å². The molecular formula is C21H28O4. The van der Waals surface area contributed by atoms with Crippen molar-refractivity contribution < 1.29 is 19.8 Å². The molecule has 136 valence electrons. The van der Waals surface area contributed by atoms with Crippen molar-refractivity contribution in [2.75, 3.05) is 6.61 Å². The van der Waals surface area contributed by atoms with E-state index in [9.17, 15) is 19.8 Å². The van der Waals surface area contributed by atoms with Crippen LogP contribution in [0.1, 0.15) is 58.8 Å². The molecule has 5 atom stereocenters. The van der Waals surface area contributed by atoms with Crippen molar-refractivity contribution in [3.8, 4) is 0 Å². The molecule has 4 heteroatoms. The number of carbonyl (C=O) groups is 2. The highest BCUT2D eigenvalue weighted by Gasteiger charge is 2.64. The zero-order valence-corrected chi connectivity index (χ0v) is 15.2. The van der Waals surface area contributed by atoms with Gasteiger partial charge in [0.25, 0.3) is 0 Å². The molecule has 0 aromatic heterocycles. The summed E-state index contributed by atoms with van der Waals surface area (Å²) in [6.07, 6.45) is 9.48. The fourth-order valence-electron chi connectivity index (χ4n) is 6.46. The number of hydrogen-bond donors (Lipinski definition) is 2. The first-order valence-corrected chi connectivity index (χ1v) is 9.57. The fourth-order valence-corrected chi connectivity index (χ4v) is 6.46. The number of aliphatic hydroxyl groups is 2. The second-order valence-electron chi connectivity index (χ2n) is 8.98. The van der Waals surface area contributed by atoms with Gasteiger partial charge in [-0.2, -0.15) is 0 Å². The van der Waals surface area contributed by atoms with Crippen LogP contribution in [0.4, 0.5) is 0 Å². The highest BCUT2D eigenvalue weighted by atomic mass is 16.3. The van der Waals surface area contributed by atoms with Crippen molar-refractivity contribution >= 4 is 11.6 Å². The first kappa shape index (κ1) is 17.2. The number of ketones is 2. The van der Waals surface area contributed by atoms with Gasteiger partial charge in [-0.05, 0) is 56.4 Å². The molecule has 25 heavy (non-hydrogen) atoms. The summed E-state index contributed by atoms with van der Waals surface area (Å²) in [7, 11) is 0. The Hall–Kier alpha value is -1.26. The second kappa shape index (κ2) is 5.37. The van der Waals surface area contributed by atoms with Crippen LogP contribution in [0.5, 0.6) is 0 Å². The van der Waals surface area contributed by atoms with Gasteiger partial charge in [0.2, 0.25) is 0 Å². The molecule has 0 saturated heterocycles. The van der Waals surface area contributed by atoms with E-state index in [0.717, 1.165) is 25.7 Å². The van der Waals surface area contributed by atoms with Crippen LogP contribution in [-0.2, 0) is 9.59 Å². The Kier molecular flexibility index (Phi) is 3.69.